The van der Waals surface area contributed by atoms with Gasteiger partial charge in [-0.1, -0.05) is 25.4 Å². The van der Waals surface area contributed by atoms with Gasteiger partial charge in [-0.25, -0.2) is 0 Å². The molecule has 0 fully saturated rings. The molecule has 3 nitrogen and oxygen atoms in total. The molecule has 1 aromatic carbocycles. The Morgan fingerprint density at radius 3 is 2.47 bits per heavy atom. The first kappa shape index (κ1) is 18.7. The molecule has 108 valence electrons. The van der Waals surface area contributed by atoms with E-state index < -0.39 is 0 Å². The second-order valence-electron chi connectivity index (χ2n) is 4.27. The van der Waals surface area contributed by atoms with Gasteiger partial charge in [0.05, 0.1) is 11.1 Å². The maximum Gasteiger partial charge on any atom is 0.252 e. The highest BCUT2D eigenvalue weighted by Gasteiger charge is 2.27. The zero-order valence-electron chi connectivity index (χ0n) is 11.0. The van der Waals surface area contributed by atoms with Gasteiger partial charge in [-0.2, -0.15) is 0 Å². The van der Waals surface area contributed by atoms with Gasteiger partial charge >= 0.3 is 0 Å². The molecule has 0 heterocycles. The number of carbonyl (C=O) groups excluding carboxylic acids is 1. The number of rotatable bonds is 5. The summed E-state index contributed by atoms with van der Waals surface area (Å²) >= 11 is 9.26. The highest BCUT2D eigenvalue weighted by Crippen LogP contribution is 2.22. The number of benzene rings is 1. The van der Waals surface area contributed by atoms with Gasteiger partial charge in [0.15, 0.2) is 0 Å². The predicted octanol–water partition coefficient (Wildman–Crippen LogP) is 3.77. The van der Waals surface area contributed by atoms with E-state index in [2.05, 4.69) is 21.2 Å². The van der Waals surface area contributed by atoms with Crippen molar-refractivity contribution in [3.05, 3.63) is 33.3 Å². The molecule has 0 unspecified atom stereocenters. The maximum atomic E-state index is 12.3. The van der Waals surface area contributed by atoms with Crippen LogP contribution in [0.5, 0.6) is 0 Å². The summed E-state index contributed by atoms with van der Waals surface area (Å²) in [5, 5.41) is 3.55. The number of hydrogen-bond acceptors (Lipinski definition) is 2. The summed E-state index contributed by atoms with van der Waals surface area (Å²) in [5.41, 5.74) is 5.95. The summed E-state index contributed by atoms with van der Waals surface area (Å²) in [7, 11) is 0. The van der Waals surface area contributed by atoms with E-state index in [1.54, 1.807) is 18.2 Å². The van der Waals surface area contributed by atoms with Gasteiger partial charge in [0.25, 0.3) is 5.91 Å². The lowest BCUT2D eigenvalue weighted by molar-refractivity contribution is 0.0894. The van der Waals surface area contributed by atoms with Crippen LogP contribution in [0.25, 0.3) is 0 Å². The fourth-order valence-corrected chi connectivity index (χ4v) is 2.34. The Kier molecular flexibility index (Phi) is 7.98. The molecule has 19 heavy (non-hydrogen) atoms. The van der Waals surface area contributed by atoms with Crippen LogP contribution in [-0.2, 0) is 0 Å². The van der Waals surface area contributed by atoms with E-state index in [9.17, 15) is 4.79 Å². The van der Waals surface area contributed by atoms with Gasteiger partial charge in [0.2, 0.25) is 0 Å². The molecule has 0 bridgehead atoms. The molecule has 0 spiro atoms. The molecule has 1 amide bonds. The third-order valence-corrected chi connectivity index (χ3v) is 4.22. The molecule has 1 rings (SSSR count). The molecule has 0 saturated carbocycles. The topological polar surface area (TPSA) is 55.1 Å². The van der Waals surface area contributed by atoms with Gasteiger partial charge in [-0.05, 0) is 47.0 Å². The van der Waals surface area contributed by atoms with Gasteiger partial charge in [-0.3, -0.25) is 4.79 Å². The average Bonchev–Trinajstić information content (AvgIpc) is 2.38. The largest absolute Gasteiger partial charge is 0.345 e. The first-order chi connectivity index (χ1) is 8.48. The Morgan fingerprint density at radius 2 is 2.00 bits per heavy atom. The number of nitrogens with two attached hydrogens (primary N) is 1. The molecule has 0 radical (unpaired) electrons. The SMILES string of the molecule is CCC(CC)(CN)NC(=O)c1cc(Cl)ccc1Br.Cl. The molecular weight excluding hydrogens is 351 g/mol. The van der Waals surface area contributed by atoms with Crippen LogP contribution < -0.4 is 11.1 Å². The standard InChI is InChI=1S/C13H18BrClN2O.ClH/c1-3-13(4-2,8-16)17-12(18)10-7-9(15)5-6-11(10)14;/h5-7H,3-4,8,16H2,1-2H3,(H,17,18);1H. The molecule has 0 aliphatic carbocycles. The lowest BCUT2D eigenvalue weighted by atomic mass is 9.92. The van der Waals surface area contributed by atoms with Crippen molar-refractivity contribution in [3.8, 4) is 0 Å². The van der Waals surface area contributed by atoms with Crippen LogP contribution in [0, 0.1) is 0 Å². The highest BCUT2D eigenvalue weighted by atomic mass is 79.9. The highest BCUT2D eigenvalue weighted by molar-refractivity contribution is 9.10. The van der Waals surface area contributed by atoms with E-state index >= 15 is 0 Å². The van der Waals surface area contributed by atoms with Gasteiger partial charge < -0.3 is 11.1 Å². The molecule has 6 heteroatoms. The van der Waals surface area contributed by atoms with Gasteiger partial charge in [0.1, 0.15) is 0 Å². The van der Waals surface area contributed by atoms with E-state index in [1.807, 2.05) is 13.8 Å². The summed E-state index contributed by atoms with van der Waals surface area (Å²) in [6, 6.07) is 5.14. The third-order valence-electron chi connectivity index (χ3n) is 3.30. The summed E-state index contributed by atoms with van der Waals surface area (Å²) in [4.78, 5) is 12.3. The third kappa shape index (κ3) is 4.63. The number of halogens is 3. The molecule has 0 aliphatic rings. The molecule has 0 saturated heterocycles. The van der Waals surface area contributed by atoms with Crippen molar-refractivity contribution in [2.75, 3.05) is 6.54 Å². The fraction of sp³-hybridized carbons (Fsp3) is 0.462. The van der Waals surface area contributed by atoms with Crippen LogP contribution >= 0.6 is 39.9 Å². The van der Waals surface area contributed by atoms with Crippen molar-refractivity contribution in [2.45, 2.75) is 32.2 Å². The Hall–Kier alpha value is -0.290. The summed E-state index contributed by atoms with van der Waals surface area (Å²) in [6.07, 6.45) is 1.59. The zero-order valence-corrected chi connectivity index (χ0v) is 14.2. The Balaban J connectivity index is 0.00000324. The lowest BCUT2D eigenvalue weighted by Crippen LogP contribution is -2.52. The second kappa shape index (κ2) is 8.10. The zero-order chi connectivity index (χ0) is 13.8. The van der Waals surface area contributed by atoms with Crippen LogP contribution in [-0.4, -0.2) is 18.0 Å². The molecule has 0 atom stereocenters. The minimum atomic E-state index is -0.348. The quantitative estimate of drug-likeness (QED) is 0.829. The minimum absolute atomic E-state index is 0. The Labute approximate surface area is 133 Å². The first-order valence-electron chi connectivity index (χ1n) is 5.95. The van der Waals surface area contributed by atoms with Crippen molar-refractivity contribution < 1.29 is 4.79 Å². The minimum Gasteiger partial charge on any atom is -0.345 e. The van der Waals surface area contributed by atoms with Gasteiger partial charge in [-0.15, -0.1) is 12.4 Å². The van der Waals surface area contributed by atoms with Crippen LogP contribution in [0.3, 0.4) is 0 Å². The first-order valence-corrected chi connectivity index (χ1v) is 7.12. The summed E-state index contributed by atoms with van der Waals surface area (Å²) < 4.78 is 0.725. The molecule has 0 aromatic heterocycles. The normalized spacial score (nSPS) is 10.8. The fourth-order valence-electron chi connectivity index (χ4n) is 1.75. The molecular formula is C13H19BrCl2N2O. The summed E-state index contributed by atoms with van der Waals surface area (Å²) in [5.74, 6) is -0.154. The van der Waals surface area contributed by atoms with Gasteiger partial charge in [0, 0.05) is 16.0 Å². The molecule has 1 aromatic rings. The van der Waals surface area contributed by atoms with Crippen molar-refractivity contribution in [1.29, 1.82) is 0 Å². The second-order valence-corrected chi connectivity index (χ2v) is 5.56. The molecule has 3 N–H and O–H groups in total. The Morgan fingerprint density at radius 1 is 1.42 bits per heavy atom. The predicted molar refractivity (Wildman–Crippen MR) is 86.2 cm³/mol. The van der Waals surface area contributed by atoms with Crippen LogP contribution in [0.4, 0.5) is 0 Å². The van der Waals surface area contributed by atoms with Crippen LogP contribution in [0.1, 0.15) is 37.0 Å². The van der Waals surface area contributed by atoms with Crippen LogP contribution in [0.2, 0.25) is 5.02 Å². The maximum absolute atomic E-state index is 12.3. The monoisotopic (exact) mass is 368 g/mol. The van der Waals surface area contributed by atoms with Crippen molar-refractivity contribution in [2.24, 2.45) is 5.73 Å². The van der Waals surface area contributed by atoms with Crippen molar-refractivity contribution in [1.82, 2.24) is 5.32 Å². The Bertz CT molecular complexity index is 428. The average molecular weight is 370 g/mol. The lowest BCUT2D eigenvalue weighted by Gasteiger charge is -2.31. The number of carbonyl (C=O) groups is 1. The van der Waals surface area contributed by atoms with E-state index in [1.165, 1.54) is 0 Å². The smallest absolute Gasteiger partial charge is 0.252 e. The van der Waals surface area contributed by atoms with Crippen molar-refractivity contribution in [3.63, 3.8) is 0 Å². The number of nitrogens with one attached hydrogen (secondary N) is 1. The number of hydrogen-bond donors (Lipinski definition) is 2. The van der Waals surface area contributed by atoms with Crippen LogP contribution in [0.15, 0.2) is 22.7 Å². The molecule has 0 aliphatic heterocycles. The van der Waals surface area contributed by atoms with E-state index in [4.69, 9.17) is 17.3 Å². The summed E-state index contributed by atoms with van der Waals surface area (Å²) in [6.45, 7) is 4.46. The van der Waals surface area contributed by atoms with E-state index in [0.29, 0.717) is 17.1 Å². The van der Waals surface area contributed by atoms with E-state index in [-0.39, 0.29) is 23.9 Å². The van der Waals surface area contributed by atoms with Crippen molar-refractivity contribution >= 4 is 45.8 Å². The number of amides is 1. The van der Waals surface area contributed by atoms with E-state index in [0.717, 1.165) is 17.3 Å².